The van der Waals surface area contributed by atoms with Crippen LogP contribution in [-0.4, -0.2) is 22.8 Å². The number of carbonyl (C=O) groups excluding carboxylic acids is 1. The van der Waals surface area contributed by atoms with Crippen LogP contribution in [-0.2, 0) is 11.2 Å². The van der Waals surface area contributed by atoms with Crippen molar-refractivity contribution in [3.8, 4) is 0 Å². The largest absolute Gasteiger partial charge is 0.469 e. The van der Waals surface area contributed by atoms with Crippen molar-refractivity contribution in [3.63, 3.8) is 0 Å². The van der Waals surface area contributed by atoms with Gasteiger partial charge < -0.3 is 14.3 Å². The Morgan fingerprint density at radius 1 is 1.16 bits per heavy atom. The molecule has 1 heterocycles. The van der Waals surface area contributed by atoms with Crippen molar-refractivity contribution in [3.05, 3.63) is 66.1 Å². The summed E-state index contributed by atoms with van der Waals surface area (Å²) in [6, 6.07) is 11.1. The normalized spacial score (nSPS) is 36.1. The van der Waals surface area contributed by atoms with E-state index in [9.17, 15) is 9.90 Å². The van der Waals surface area contributed by atoms with E-state index in [4.69, 9.17) is 9.15 Å². The van der Waals surface area contributed by atoms with E-state index >= 15 is 0 Å². The van der Waals surface area contributed by atoms with Gasteiger partial charge in [-0.3, -0.25) is 0 Å². The van der Waals surface area contributed by atoms with Gasteiger partial charge in [0.05, 0.1) is 11.8 Å². The van der Waals surface area contributed by atoms with Crippen LogP contribution in [0.15, 0.2) is 53.7 Å². The van der Waals surface area contributed by atoms with Crippen LogP contribution in [0.3, 0.4) is 0 Å². The zero-order chi connectivity index (χ0) is 22.0. The summed E-state index contributed by atoms with van der Waals surface area (Å²) in [5.41, 5.74) is 0.729. The Hall–Kier alpha value is -2.33. The van der Waals surface area contributed by atoms with Gasteiger partial charge >= 0.3 is 5.97 Å². The summed E-state index contributed by atoms with van der Waals surface area (Å²) in [6.45, 7) is 10.9. The lowest BCUT2D eigenvalue weighted by Gasteiger charge is -2.67. The maximum absolute atomic E-state index is 13.1. The number of ether oxygens (including phenoxy) is 1. The molecule has 2 aromatic rings. The lowest BCUT2D eigenvalue weighted by molar-refractivity contribution is -0.279. The number of esters is 1. The predicted molar refractivity (Wildman–Crippen MR) is 119 cm³/mol. The third-order valence-corrected chi connectivity index (χ3v) is 8.84. The number of hydrogen-bond acceptors (Lipinski definition) is 4. The molecule has 0 aliphatic heterocycles. The van der Waals surface area contributed by atoms with E-state index in [2.05, 4.69) is 27.4 Å². The molecule has 4 heteroatoms. The highest BCUT2D eigenvalue weighted by Crippen LogP contribution is 2.67. The Bertz CT molecular complexity index is 1020. The van der Waals surface area contributed by atoms with Crippen LogP contribution in [0.25, 0.3) is 5.57 Å². The lowest BCUT2D eigenvalue weighted by Crippen LogP contribution is -2.72. The molecule has 0 amide bonds. The quantitative estimate of drug-likeness (QED) is 0.637. The van der Waals surface area contributed by atoms with Crippen molar-refractivity contribution in [2.45, 2.75) is 64.6 Å². The minimum Gasteiger partial charge on any atom is -0.469 e. The predicted octanol–water partition coefficient (Wildman–Crippen LogP) is 5.66. The monoisotopic (exact) mass is 420 g/mol. The number of aliphatic hydroxyl groups is 1. The van der Waals surface area contributed by atoms with Crippen LogP contribution in [0.1, 0.15) is 68.1 Å². The summed E-state index contributed by atoms with van der Waals surface area (Å²) in [5, 5.41) is 12.5. The summed E-state index contributed by atoms with van der Waals surface area (Å²) < 4.78 is 12.0. The Morgan fingerprint density at radius 3 is 2.65 bits per heavy atom. The first kappa shape index (κ1) is 20.6. The summed E-state index contributed by atoms with van der Waals surface area (Å²) >= 11 is 0. The highest BCUT2D eigenvalue weighted by Gasteiger charge is 2.70. The maximum Gasteiger partial charge on any atom is 0.338 e. The van der Waals surface area contributed by atoms with Gasteiger partial charge in [0.15, 0.2) is 0 Å². The van der Waals surface area contributed by atoms with Gasteiger partial charge in [0.2, 0.25) is 0 Å². The van der Waals surface area contributed by atoms with Gasteiger partial charge in [-0.15, -0.1) is 0 Å². The molecule has 164 valence electrons. The Labute approximate surface area is 184 Å². The molecule has 1 aromatic heterocycles. The van der Waals surface area contributed by atoms with E-state index < -0.39 is 17.1 Å². The molecule has 5 rings (SSSR count). The lowest BCUT2D eigenvalue weighted by atomic mass is 9.41. The first-order chi connectivity index (χ1) is 14.7. The molecule has 4 nitrogen and oxygen atoms in total. The number of rotatable bonds is 2. The second kappa shape index (κ2) is 6.83. The van der Waals surface area contributed by atoms with E-state index in [0.29, 0.717) is 12.0 Å². The SMILES string of the molecule is C=C1c2ccoc2C[C@H]2[C@H]1C[C@@H](OC(=O)c1ccccc1)[C@@]1(O)C(C)(C)CCC[C@]21C. The number of benzene rings is 1. The van der Waals surface area contributed by atoms with Gasteiger partial charge in [-0.2, -0.15) is 0 Å². The second-order valence-electron chi connectivity index (χ2n) is 10.6. The van der Waals surface area contributed by atoms with Gasteiger partial charge in [0.25, 0.3) is 0 Å². The molecule has 2 fully saturated rings. The summed E-state index contributed by atoms with van der Waals surface area (Å²) in [4.78, 5) is 13.1. The molecular formula is C27H32O4. The van der Waals surface area contributed by atoms with Crippen molar-refractivity contribution in [2.24, 2.45) is 22.7 Å². The molecule has 0 unspecified atom stereocenters. The number of furan rings is 1. The Balaban J connectivity index is 1.59. The van der Waals surface area contributed by atoms with Crippen molar-refractivity contribution in [1.82, 2.24) is 0 Å². The van der Waals surface area contributed by atoms with Crippen molar-refractivity contribution in [1.29, 1.82) is 0 Å². The van der Waals surface area contributed by atoms with Gasteiger partial charge in [-0.25, -0.2) is 4.79 Å². The molecule has 0 radical (unpaired) electrons. The van der Waals surface area contributed by atoms with Gasteiger partial charge in [0.1, 0.15) is 17.5 Å². The van der Waals surface area contributed by atoms with E-state index in [0.717, 1.165) is 42.6 Å². The van der Waals surface area contributed by atoms with E-state index in [-0.39, 0.29) is 23.2 Å². The zero-order valence-electron chi connectivity index (χ0n) is 18.7. The summed E-state index contributed by atoms with van der Waals surface area (Å²) in [7, 11) is 0. The first-order valence-corrected chi connectivity index (χ1v) is 11.4. The number of fused-ring (bicyclic) bond motifs is 4. The zero-order valence-corrected chi connectivity index (χ0v) is 18.7. The average Bonchev–Trinajstić information content (AvgIpc) is 3.21. The van der Waals surface area contributed by atoms with E-state index in [1.807, 2.05) is 24.3 Å². The molecule has 0 saturated heterocycles. The first-order valence-electron chi connectivity index (χ1n) is 11.4. The highest BCUT2D eigenvalue weighted by molar-refractivity contribution is 5.89. The smallest absolute Gasteiger partial charge is 0.338 e. The van der Waals surface area contributed by atoms with Crippen LogP contribution < -0.4 is 0 Å². The van der Waals surface area contributed by atoms with Gasteiger partial charge in [0, 0.05) is 17.4 Å². The highest BCUT2D eigenvalue weighted by atomic mass is 16.6. The molecule has 0 bridgehead atoms. The van der Waals surface area contributed by atoms with Crippen molar-refractivity contribution in [2.75, 3.05) is 0 Å². The van der Waals surface area contributed by atoms with E-state index in [1.54, 1.807) is 18.4 Å². The number of hydrogen-bond donors (Lipinski definition) is 1. The van der Waals surface area contributed by atoms with Gasteiger partial charge in [-0.05, 0) is 60.3 Å². The molecular weight excluding hydrogens is 388 g/mol. The number of allylic oxidation sites excluding steroid dienone is 1. The van der Waals surface area contributed by atoms with Crippen LogP contribution in [0.5, 0.6) is 0 Å². The van der Waals surface area contributed by atoms with Crippen LogP contribution in [0.4, 0.5) is 0 Å². The van der Waals surface area contributed by atoms with Crippen LogP contribution >= 0.6 is 0 Å². The topological polar surface area (TPSA) is 59.7 Å². The molecule has 1 N–H and O–H groups in total. The third-order valence-electron chi connectivity index (χ3n) is 8.84. The Morgan fingerprint density at radius 2 is 1.90 bits per heavy atom. The second-order valence-corrected chi connectivity index (χ2v) is 10.6. The van der Waals surface area contributed by atoms with Crippen LogP contribution in [0.2, 0.25) is 0 Å². The van der Waals surface area contributed by atoms with Crippen molar-refractivity contribution < 1.29 is 19.1 Å². The summed E-state index contributed by atoms with van der Waals surface area (Å²) in [6.07, 6.45) is 5.37. The molecule has 3 aliphatic rings. The van der Waals surface area contributed by atoms with Crippen molar-refractivity contribution >= 4 is 11.5 Å². The Kier molecular flexibility index (Phi) is 4.53. The molecule has 0 spiro atoms. The molecule has 2 saturated carbocycles. The molecule has 1 aromatic carbocycles. The minimum absolute atomic E-state index is 0.151. The fraction of sp³-hybridized carbons (Fsp3) is 0.519. The van der Waals surface area contributed by atoms with Crippen LogP contribution in [0, 0.1) is 22.7 Å². The van der Waals surface area contributed by atoms with E-state index in [1.165, 1.54) is 0 Å². The third kappa shape index (κ3) is 2.73. The standard InChI is InChI=1S/C27H32O4/c1-17-19-11-14-30-22(19)16-21-20(17)15-23(31-24(28)18-9-6-5-7-10-18)27(29)25(2,3)12-8-13-26(21,27)4/h5-7,9-11,14,20-21,23,29H,1,8,12-13,15-16H2,2-4H3/t20-,21-,23+,26+,27+/m0/s1. The fourth-order valence-corrected chi connectivity index (χ4v) is 7.17. The summed E-state index contributed by atoms with van der Waals surface area (Å²) in [5.74, 6) is 0.956. The molecule has 31 heavy (non-hydrogen) atoms. The molecule has 3 aliphatic carbocycles. The number of carbonyl (C=O) groups is 1. The maximum atomic E-state index is 13.1. The molecule has 5 atom stereocenters. The fourth-order valence-electron chi connectivity index (χ4n) is 7.17. The van der Waals surface area contributed by atoms with Gasteiger partial charge in [-0.1, -0.05) is 52.0 Å². The minimum atomic E-state index is -1.13. The average molecular weight is 421 g/mol.